The molecule has 0 radical (unpaired) electrons. The van der Waals surface area contributed by atoms with E-state index >= 15 is 0 Å². The van der Waals surface area contributed by atoms with Crippen LogP contribution in [0, 0.1) is 5.92 Å². The predicted molar refractivity (Wildman–Crippen MR) is 91.7 cm³/mol. The van der Waals surface area contributed by atoms with Crippen molar-refractivity contribution in [3.05, 3.63) is 23.8 Å². The number of hydrogen-bond acceptors (Lipinski definition) is 3. The molecule has 25 heavy (non-hydrogen) atoms. The van der Waals surface area contributed by atoms with Gasteiger partial charge in [-0.1, -0.05) is 12.8 Å². The highest BCUT2D eigenvalue weighted by Gasteiger charge is 2.35. The first kappa shape index (κ1) is 18.0. The third-order valence-electron chi connectivity index (χ3n) is 5.16. The number of likely N-dealkylation sites (N-methyl/N-ethyl adjacent to an activating group) is 1. The van der Waals surface area contributed by atoms with Gasteiger partial charge in [-0.2, -0.15) is 13.2 Å². The minimum atomic E-state index is -4.50. The normalized spacial score (nSPS) is 20.1. The maximum Gasteiger partial charge on any atom is 0.418 e. The molecule has 7 heteroatoms. The van der Waals surface area contributed by atoms with E-state index in [-0.39, 0.29) is 17.5 Å². The summed E-state index contributed by atoms with van der Waals surface area (Å²) >= 11 is 0. The SMILES string of the molecule is CN1CCN(c2ccc(NC(=O)C3CCCC3)c(C(F)(F)F)c2)CC1. The van der Waals surface area contributed by atoms with Crippen molar-refractivity contribution in [2.24, 2.45) is 5.92 Å². The average molecular weight is 355 g/mol. The van der Waals surface area contributed by atoms with Crippen molar-refractivity contribution in [1.82, 2.24) is 4.90 Å². The highest BCUT2D eigenvalue weighted by molar-refractivity contribution is 5.93. The van der Waals surface area contributed by atoms with E-state index in [0.29, 0.717) is 18.8 Å². The van der Waals surface area contributed by atoms with E-state index in [1.54, 1.807) is 6.07 Å². The lowest BCUT2D eigenvalue weighted by molar-refractivity contribution is -0.137. The minimum Gasteiger partial charge on any atom is -0.369 e. The van der Waals surface area contributed by atoms with Crippen molar-refractivity contribution < 1.29 is 18.0 Å². The molecule has 1 amide bonds. The third kappa shape index (κ3) is 4.26. The Morgan fingerprint density at radius 3 is 2.36 bits per heavy atom. The lowest BCUT2D eigenvalue weighted by atomic mass is 10.1. The number of nitrogens with one attached hydrogen (secondary N) is 1. The Labute approximate surface area is 146 Å². The first-order chi connectivity index (χ1) is 11.8. The molecule has 2 aliphatic rings. The Bertz CT molecular complexity index is 618. The number of rotatable bonds is 3. The molecule has 2 fully saturated rings. The molecule has 0 bridgehead atoms. The van der Waals surface area contributed by atoms with Crippen molar-refractivity contribution in [2.75, 3.05) is 43.4 Å². The predicted octanol–water partition coefficient (Wildman–Crippen LogP) is 3.59. The molecule has 4 nitrogen and oxygen atoms in total. The van der Waals surface area contributed by atoms with E-state index in [4.69, 9.17) is 0 Å². The lowest BCUT2D eigenvalue weighted by Gasteiger charge is -2.34. The molecule has 0 spiro atoms. The first-order valence-corrected chi connectivity index (χ1v) is 8.80. The van der Waals surface area contributed by atoms with E-state index in [1.807, 2.05) is 11.9 Å². The molecule has 1 aromatic carbocycles. The summed E-state index contributed by atoms with van der Waals surface area (Å²) in [6.45, 7) is 3.03. The summed E-state index contributed by atoms with van der Waals surface area (Å²) in [5, 5.41) is 2.51. The highest BCUT2D eigenvalue weighted by atomic mass is 19.4. The number of nitrogens with zero attached hydrogens (tertiary/aromatic N) is 2. The first-order valence-electron chi connectivity index (χ1n) is 8.80. The van der Waals surface area contributed by atoms with Crippen molar-refractivity contribution in [2.45, 2.75) is 31.9 Å². The molecule has 1 aliphatic carbocycles. The molecule has 1 heterocycles. The number of hydrogen-bond donors (Lipinski definition) is 1. The van der Waals surface area contributed by atoms with E-state index in [0.717, 1.165) is 44.8 Å². The zero-order valence-electron chi connectivity index (χ0n) is 14.4. The Morgan fingerprint density at radius 1 is 1.12 bits per heavy atom. The largest absolute Gasteiger partial charge is 0.418 e. The van der Waals surface area contributed by atoms with E-state index in [9.17, 15) is 18.0 Å². The molecule has 1 aliphatic heterocycles. The Hall–Kier alpha value is -1.76. The smallest absolute Gasteiger partial charge is 0.369 e. The van der Waals surface area contributed by atoms with Crippen LogP contribution in [0.25, 0.3) is 0 Å². The molecular formula is C18H24F3N3O. The van der Waals surface area contributed by atoms with Crippen LogP contribution < -0.4 is 10.2 Å². The van der Waals surface area contributed by atoms with Gasteiger partial charge in [-0.25, -0.2) is 0 Å². The maximum atomic E-state index is 13.5. The van der Waals surface area contributed by atoms with Crippen molar-refractivity contribution >= 4 is 17.3 Å². The number of anilines is 2. The maximum absolute atomic E-state index is 13.5. The van der Waals surface area contributed by atoms with Gasteiger partial charge in [0.2, 0.25) is 5.91 Å². The summed E-state index contributed by atoms with van der Waals surface area (Å²) < 4.78 is 40.5. The topological polar surface area (TPSA) is 35.6 Å². The number of piperazine rings is 1. The fraction of sp³-hybridized carbons (Fsp3) is 0.611. The van der Waals surface area contributed by atoms with Crippen LogP contribution in [0.4, 0.5) is 24.5 Å². The third-order valence-corrected chi connectivity index (χ3v) is 5.16. The number of halogens is 3. The fourth-order valence-electron chi connectivity index (χ4n) is 3.56. The number of amides is 1. The zero-order valence-corrected chi connectivity index (χ0v) is 14.4. The van der Waals surface area contributed by atoms with Crippen LogP contribution in [0.1, 0.15) is 31.2 Å². The number of carbonyl (C=O) groups excluding carboxylic acids is 1. The van der Waals surface area contributed by atoms with Gasteiger partial charge in [0, 0.05) is 37.8 Å². The minimum absolute atomic E-state index is 0.137. The summed E-state index contributed by atoms with van der Waals surface area (Å²) in [6.07, 6.45) is -1.06. The van der Waals surface area contributed by atoms with Crippen LogP contribution in [0.5, 0.6) is 0 Å². The van der Waals surface area contributed by atoms with Crippen LogP contribution >= 0.6 is 0 Å². The summed E-state index contributed by atoms with van der Waals surface area (Å²) in [5.41, 5.74) is -0.350. The number of carbonyl (C=O) groups is 1. The monoisotopic (exact) mass is 355 g/mol. The van der Waals surface area contributed by atoms with Crippen molar-refractivity contribution in [1.29, 1.82) is 0 Å². The van der Waals surface area contributed by atoms with Crippen LogP contribution in [0.2, 0.25) is 0 Å². The number of benzene rings is 1. The van der Waals surface area contributed by atoms with E-state index in [1.165, 1.54) is 6.07 Å². The molecule has 1 saturated heterocycles. The van der Waals surface area contributed by atoms with Gasteiger partial charge < -0.3 is 15.1 Å². The molecule has 0 aromatic heterocycles. The number of alkyl halides is 3. The van der Waals surface area contributed by atoms with Crippen LogP contribution in [-0.2, 0) is 11.0 Å². The Kier molecular flexibility index (Phi) is 5.22. The van der Waals surface area contributed by atoms with E-state index in [2.05, 4.69) is 10.2 Å². The van der Waals surface area contributed by atoms with Gasteiger partial charge in [-0.05, 0) is 38.1 Å². The molecule has 1 aromatic rings. The average Bonchev–Trinajstić information content (AvgIpc) is 3.09. The molecule has 3 rings (SSSR count). The Balaban J connectivity index is 1.81. The van der Waals surface area contributed by atoms with Crippen molar-refractivity contribution in [3.8, 4) is 0 Å². The molecule has 0 unspecified atom stereocenters. The summed E-state index contributed by atoms with van der Waals surface area (Å²) in [6, 6.07) is 4.23. The molecule has 138 valence electrons. The lowest BCUT2D eigenvalue weighted by Crippen LogP contribution is -2.44. The van der Waals surface area contributed by atoms with Gasteiger partial charge in [0.25, 0.3) is 0 Å². The van der Waals surface area contributed by atoms with Crippen LogP contribution in [0.15, 0.2) is 18.2 Å². The quantitative estimate of drug-likeness (QED) is 0.900. The van der Waals surface area contributed by atoms with Crippen LogP contribution in [0.3, 0.4) is 0 Å². The molecular weight excluding hydrogens is 331 g/mol. The zero-order chi connectivity index (χ0) is 18.0. The van der Waals surface area contributed by atoms with Gasteiger partial charge in [-0.3, -0.25) is 4.79 Å². The summed E-state index contributed by atoms with van der Waals surface area (Å²) in [4.78, 5) is 16.3. The van der Waals surface area contributed by atoms with Crippen molar-refractivity contribution in [3.63, 3.8) is 0 Å². The van der Waals surface area contributed by atoms with Gasteiger partial charge in [0.1, 0.15) is 0 Å². The fourth-order valence-corrected chi connectivity index (χ4v) is 3.56. The summed E-state index contributed by atoms with van der Waals surface area (Å²) in [5.74, 6) is -0.464. The second-order valence-electron chi connectivity index (χ2n) is 6.99. The second-order valence-corrected chi connectivity index (χ2v) is 6.99. The van der Waals surface area contributed by atoms with Gasteiger partial charge in [0.05, 0.1) is 11.3 Å². The van der Waals surface area contributed by atoms with E-state index < -0.39 is 11.7 Å². The molecule has 1 N–H and O–H groups in total. The van der Waals surface area contributed by atoms with Crippen LogP contribution in [-0.4, -0.2) is 44.0 Å². The van der Waals surface area contributed by atoms with Gasteiger partial charge >= 0.3 is 6.18 Å². The second kappa shape index (κ2) is 7.23. The van der Waals surface area contributed by atoms with Gasteiger partial charge in [0.15, 0.2) is 0 Å². The molecule has 0 atom stereocenters. The molecule has 1 saturated carbocycles. The summed E-state index contributed by atoms with van der Waals surface area (Å²) in [7, 11) is 2.00. The van der Waals surface area contributed by atoms with Gasteiger partial charge in [-0.15, -0.1) is 0 Å². The highest BCUT2D eigenvalue weighted by Crippen LogP contribution is 2.38. The standard InChI is InChI=1S/C18H24F3N3O/c1-23-8-10-24(11-9-23)14-6-7-16(15(12-14)18(19,20)21)22-17(25)13-4-2-3-5-13/h6-7,12-13H,2-5,8-11H2,1H3,(H,22,25). The Morgan fingerprint density at radius 2 is 1.76 bits per heavy atom.